The van der Waals surface area contributed by atoms with E-state index < -0.39 is 35.5 Å². The number of rotatable bonds is 4. The summed E-state index contributed by atoms with van der Waals surface area (Å²) in [6, 6.07) is 4.56. The summed E-state index contributed by atoms with van der Waals surface area (Å²) in [6.07, 6.45) is -5.88. The van der Waals surface area contributed by atoms with Gasteiger partial charge in [0.05, 0.1) is 5.56 Å². The molecule has 1 aromatic carbocycles. The van der Waals surface area contributed by atoms with Gasteiger partial charge in [0.2, 0.25) is 0 Å². The first kappa shape index (κ1) is 14.3. The summed E-state index contributed by atoms with van der Waals surface area (Å²) in [4.78, 5) is 10.9. The molecule has 0 amide bonds. The molecule has 0 saturated carbocycles. The Morgan fingerprint density at radius 2 is 1.83 bits per heavy atom. The lowest BCUT2D eigenvalue weighted by Crippen LogP contribution is -2.32. The van der Waals surface area contributed by atoms with E-state index in [0.717, 1.165) is 12.1 Å². The van der Waals surface area contributed by atoms with Crippen molar-refractivity contribution in [2.75, 3.05) is 0 Å². The molecule has 0 aliphatic heterocycles. The number of halogens is 3. The molecule has 1 unspecified atom stereocenters. The average molecular weight is 262 g/mol. The van der Waals surface area contributed by atoms with Crippen LogP contribution in [0.25, 0.3) is 0 Å². The first-order valence-electron chi connectivity index (χ1n) is 5.29. The number of benzene rings is 1. The van der Waals surface area contributed by atoms with Gasteiger partial charge in [0.25, 0.3) is 0 Å². The van der Waals surface area contributed by atoms with Crippen molar-refractivity contribution in [2.24, 2.45) is 5.92 Å². The van der Waals surface area contributed by atoms with Gasteiger partial charge in [-0.1, -0.05) is 26.0 Å². The van der Waals surface area contributed by atoms with Crippen molar-refractivity contribution < 1.29 is 27.8 Å². The number of hydrogen-bond donors (Lipinski definition) is 1. The molecular formula is C12H13F3O3. The fourth-order valence-electron chi connectivity index (χ4n) is 1.41. The monoisotopic (exact) mass is 262 g/mol. The Morgan fingerprint density at radius 1 is 1.28 bits per heavy atom. The summed E-state index contributed by atoms with van der Waals surface area (Å²) >= 11 is 0. The number of hydrogen-bond acceptors (Lipinski definition) is 2. The predicted octanol–water partition coefficient (Wildman–Crippen LogP) is 3.19. The van der Waals surface area contributed by atoms with Gasteiger partial charge in [0, 0.05) is 5.92 Å². The van der Waals surface area contributed by atoms with Crippen LogP contribution in [0.3, 0.4) is 0 Å². The predicted molar refractivity (Wildman–Crippen MR) is 58.3 cm³/mol. The molecule has 100 valence electrons. The molecule has 1 N–H and O–H groups in total. The highest BCUT2D eigenvalue weighted by atomic mass is 19.4. The Kier molecular flexibility index (Phi) is 4.21. The Labute approximate surface area is 102 Å². The Balaban J connectivity index is 3.07. The van der Waals surface area contributed by atoms with Gasteiger partial charge in [0.15, 0.2) is 6.10 Å². The maximum atomic E-state index is 12.7. The third-order valence-corrected chi connectivity index (χ3v) is 2.30. The van der Waals surface area contributed by atoms with Gasteiger partial charge < -0.3 is 9.84 Å². The van der Waals surface area contributed by atoms with Crippen molar-refractivity contribution in [2.45, 2.75) is 26.1 Å². The van der Waals surface area contributed by atoms with E-state index in [1.165, 1.54) is 12.1 Å². The maximum Gasteiger partial charge on any atom is 0.419 e. The lowest BCUT2D eigenvalue weighted by atomic mass is 10.1. The van der Waals surface area contributed by atoms with Crippen LogP contribution < -0.4 is 4.74 Å². The summed E-state index contributed by atoms with van der Waals surface area (Å²) in [5.41, 5.74) is -0.975. The molecule has 0 heterocycles. The van der Waals surface area contributed by atoms with Crippen LogP contribution in [-0.4, -0.2) is 17.2 Å². The van der Waals surface area contributed by atoms with E-state index in [1.807, 2.05) is 0 Å². The molecule has 0 aromatic heterocycles. The van der Waals surface area contributed by atoms with Crippen molar-refractivity contribution in [1.29, 1.82) is 0 Å². The van der Waals surface area contributed by atoms with E-state index in [2.05, 4.69) is 0 Å². The minimum absolute atomic E-state index is 0.441. The summed E-state index contributed by atoms with van der Waals surface area (Å²) in [5, 5.41) is 8.89. The second-order valence-electron chi connectivity index (χ2n) is 4.11. The molecule has 18 heavy (non-hydrogen) atoms. The van der Waals surface area contributed by atoms with Crippen molar-refractivity contribution >= 4 is 5.97 Å². The molecule has 3 nitrogen and oxygen atoms in total. The van der Waals surface area contributed by atoms with Crippen LogP contribution in [0, 0.1) is 5.92 Å². The average Bonchev–Trinajstić information content (AvgIpc) is 2.24. The summed E-state index contributed by atoms with van der Waals surface area (Å²) in [7, 11) is 0. The van der Waals surface area contributed by atoms with Crippen LogP contribution in [0.1, 0.15) is 19.4 Å². The smallest absolute Gasteiger partial charge is 0.419 e. The van der Waals surface area contributed by atoms with Gasteiger partial charge in [-0.05, 0) is 12.1 Å². The standard InChI is InChI=1S/C12H13F3O3/c1-7(2)10(11(16)17)18-9-6-4-3-5-8(9)12(13,14)15/h3-7,10H,1-2H3,(H,16,17). The molecule has 0 spiro atoms. The van der Waals surface area contributed by atoms with E-state index >= 15 is 0 Å². The highest BCUT2D eigenvalue weighted by Crippen LogP contribution is 2.36. The first-order valence-corrected chi connectivity index (χ1v) is 5.29. The number of aliphatic carboxylic acids is 1. The minimum Gasteiger partial charge on any atom is -0.478 e. The van der Waals surface area contributed by atoms with Gasteiger partial charge in [-0.2, -0.15) is 13.2 Å². The van der Waals surface area contributed by atoms with E-state index in [-0.39, 0.29) is 0 Å². The maximum absolute atomic E-state index is 12.7. The van der Waals surface area contributed by atoms with Crippen molar-refractivity contribution in [3.8, 4) is 5.75 Å². The third kappa shape index (κ3) is 3.38. The second kappa shape index (κ2) is 5.29. The third-order valence-electron chi connectivity index (χ3n) is 2.30. The van der Waals surface area contributed by atoms with Crippen molar-refractivity contribution in [3.63, 3.8) is 0 Å². The molecule has 0 bridgehead atoms. The zero-order chi connectivity index (χ0) is 13.9. The lowest BCUT2D eigenvalue weighted by molar-refractivity contribution is -0.150. The zero-order valence-electron chi connectivity index (χ0n) is 9.86. The van der Waals surface area contributed by atoms with E-state index in [1.54, 1.807) is 13.8 Å². The van der Waals surface area contributed by atoms with Crippen LogP contribution in [-0.2, 0) is 11.0 Å². The summed E-state index contributed by atoms with van der Waals surface area (Å²) in [6.45, 7) is 3.13. The van der Waals surface area contributed by atoms with Gasteiger partial charge in [0.1, 0.15) is 5.75 Å². The van der Waals surface area contributed by atoms with Crippen molar-refractivity contribution in [1.82, 2.24) is 0 Å². The summed E-state index contributed by atoms with van der Waals surface area (Å²) < 4.78 is 43.0. The van der Waals surface area contributed by atoms with Crippen LogP contribution in [0.15, 0.2) is 24.3 Å². The lowest BCUT2D eigenvalue weighted by Gasteiger charge is -2.21. The van der Waals surface area contributed by atoms with Crippen molar-refractivity contribution in [3.05, 3.63) is 29.8 Å². The number of ether oxygens (including phenoxy) is 1. The molecule has 1 atom stereocenters. The van der Waals surface area contributed by atoms with Crippen LogP contribution in [0.4, 0.5) is 13.2 Å². The normalized spacial score (nSPS) is 13.4. The van der Waals surface area contributed by atoms with E-state index in [9.17, 15) is 18.0 Å². The molecule has 6 heteroatoms. The second-order valence-corrected chi connectivity index (χ2v) is 4.11. The molecule has 1 aromatic rings. The molecule has 1 rings (SSSR count). The molecule has 0 fully saturated rings. The van der Waals surface area contributed by atoms with Gasteiger partial charge in [-0.25, -0.2) is 4.79 Å². The topological polar surface area (TPSA) is 46.5 Å². The Bertz CT molecular complexity index is 427. The Morgan fingerprint density at radius 3 is 2.28 bits per heavy atom. The highest BCUT2D eigenvalue weighted by molar-refractivity contribution is 5.73. The minimum atomic E-state index is -4.57. The highest BCUT2D eigenvalue weighted by Gasteiger charge is 2.35. The van der Waals surface area contributed by atoms with Gasteiger partial charge in [-0.15, -0.1) is 0 Å². The molecule has 0 aliphatic rings. The number of alkyl halides is 3. The van der Waals surface area contributed by atoms with Crippen LogP contribution in [0.5, 0.6) is 5.75 Å². The SMILES string of the molecule is CC(C)C(Oc1ccccc1C(F)(F)F)C(=O)O. The Hall–Kier alpha value is -1.72. The number of carboxylic acids is 1. The first-order chi connectivity index (χ1) is 8.23. The summed E-state index contributed by atoms with van der Waals surface area (Å²) in [5.74, 6) is -2.20. The fourth-order valence-corrected chi connectivity index (χ4v) is 1.41. The zero-order valence-corrected chi connectivity index (χ0v) is 9.86. The number of para-hydroxylation sites is 1. The fraction of sp³-hybridized carbons (Fsp3) is 0.417. The molecule has 0 radical (unpaired) electrons. The molecular weight excluding hydrogens is 249 g/mol. The quantitative estimate of drug-likeness (QED) is 0.906. The van der Waals surface area contributed by atoms with Gasteiger partial charge in [-0.3, -0.25) is 0 Å². The molecule has 0 aliphatic carbocycles. The van der Waals surface area contributed by atoms with Gasteiger partial charge >= 0.3 is 12.1 Å². The largest absolute Gasteiger partial charge is 0.478 e. The van der Waals surface area contributed by atoms with E-state index in [0.29, 0.717) is 0 Å². The number of carboxylic acid groups (broad SMARTS) is 1. The molecule has 0 saturated heterocycles. The van der Waals surface area contributed by atoms with Crippen LogP contribution >= 0.6 is 0 Å². The van der Waals surface area contributed by atoms with Crippen LogP contribution in [0.2, 0.25) is 0 Å². The number of carbonyl (C=O) groups is 1. The van der Waals surface area contributed by atoms with E-state index in [4.69, 9.17) is 9.84 Å².